The van der Waals surface area contributed by atoms with Crippen LogP contribution in [0, 0.1) is 145 Å². The van der Waals surface area contributed by atoms with Gasteiger partial charge in [0.25, 0.3) is 0 Å². The van der Waals surface area contributed by atoms with Crippen molar-refractivity contribution < 1.29 is 138 Å². The van der Waals surface area contributed by atoms with E-state index in [0.717, 1.165) is 122 Å². The van der Waals surface area contributed by atoms with Crippen LogP contribution in [0.1, 0.15) is 345 Å². The van der Waals surface area contributed by atoms with Gasteiger partial charge in [0.2, 0.25) is 12.0 Å². The molecule has 12 saturated carbocycles. The lowest BCUT2D eigenvalue weighted by Gasteiger charge is -2.36. The van der Waals surface area contributed by atoms with E-state index in [9.17, 15) is 71.9 Å². The zero-order chi connectivity index (χ0) is 100. The lowest BCUT2D eigenvalue weighted by Crippen LogP contribution is -2.47. The second-order valence-corrected chi connectivity index (χ2v) is 47.5. The van der Waals surface area contributed by atoms with Crippen LogP contribution in [0.3, 0.4) is 0 Å². The average molecular weight is 1930 g/mol. The van der Waals surface area contributed by atoms with Gasteiger partial charge in [0.1, 0.15) is 67.1 Å². The van der Waals surface area contributed by atoms with Crippen LogP contribution in [0.2, 0.25) is 0 Å². The van der Waals surface area contributed by atoms with Crippen molar-refractivity contribution in [2.75, 3.05) is 26.4 Å². The van der Waals surface area contributed by atoms with Crippen molar-refractivity contribution in [3.63, 3.8) is 0 Å². The van der Waals surface area contributed by atoms with Crippen molar-refractivity contribution in [1.29, 1.82) is 0 Å². The molecule has 770 valence electrons. The lowest BCUT2D eigenvalue weighted by molar-refractivity contribution is -0.176. The van der Waals surface area contributed by atoms with Gasteiger partial charge in [-0.25, -0.2) is 4.79 Å². The third-order valence-electron chi connectivity index (χ3n) is 36.1. The van der Waals surface area contributed by atoms with Crippen LogP contribution >= 0.6 is 0 Å². The Kier molecular flexibility index (Phi) is 34.2. The number of hydrogen-bond acceptors (Lipinski definition) is 29. The zero-order valence-electron chi connectivity index (χ0n) is 86.0. The third-order valence-corrected chi connectivity index (χ3v) is 36.1. The number of carbonyl (C=O) groups is 15. The Bertz CT molecular complexity index is 4320. The van der Waals surface area contributed by atoms with Crippen LogP contribution in [0.25, 0.3) is 0 Å². The molecule has 17 rings (SSSR count). The second-order valence-electron chi connectivity index (χ2n) is 47.5. The molecule has 137 heavy (non-hydrogen) atoms. The molecule has 12 aliphatic carbocycles. The number of rotatable bonds is 30. The molecule has 1 N–H and O–H groups in total. The van der Waals surface area contributed by atoms with Crippen molar-refractivity contribution in [2.24, 2.45) is 145 Å². The third kappa shape index (κ3) is 23.1. The Morgan fingerprint density at radius 2 is 0.781 bits per heavy atom. The van der Waals surface area contributed by atoms with Crippen LogP contribution in [-0.2, 0) is 138 Å². The summed E-state index contributed by atoms with van der Waals surface area (Å²) in [7, 11) is 0. The molecule has 5 aliphatic heterocycles. The van der Waals surface area contributed by atoms with Gasteiger partial charge in [-0.05, 0) is 286 Å². The van der Waals surface area contributed by atoms with E-state index in [2.05, 4.69) is 33.0 Å². The molecule has 5 heterocycles. The molecule has 24 unspecified atom stereocenters. The van der Waals surface area contributed by atoms with Crippen LogP contribution in [0.4, 0.5) is 0 Å². The molecule has 8 bridgehead atoms. The largest absolute Gasteiger partial charge is 0.465 e. The maximum Gasteiger partial charge on any atom is 0.347 e. The van der Waals surface area contributed by atoms with Gasteiger partial charge < -0.3 is 71.6 Å². The van der Waals surface area contributed by atoms with Gasteiger partial charge in [-0.1, -0.05) is 82.1 Å². The summed E-state index contributed by atoms with van der Waals surface area (Å²) in [5.41, 5.74) is -3.22. The monoisotopic (exact) mass is 1930 g/mol. The summed E-state index contributed by atoms with van der Waals surface area (Å²) in [6.07, 6.45) is 22.3. The molecule has 0 aromatic rings. The SMILES string of the molecule is CCC(C)(C)C(=O)OC1(C(C)C)CCCC1.CCC(C)(C)C(=O)OC1(C(C)C)CCCC1.CCC(C)(C)C(=O)OC1C2CC3C1OC(=O)C3C2C(=O)OC1C2CC3C(=O)NC1C3C2.CCC(C)(C)C(=O)OC1CCOC1=O.CCC(C)(C)C(=O)OCC1CCC(C(=O)OC2C3CC4C(=O)OC2C4C3)CC1.CCC(C)(C)C(=O)OCCOC(=O)C1CCCCC1C(=O)OC1C2CC3C(=O)OC1C3C2. The Hall–Kier alpha value is -7.95. The first-order valence-corrected chi connectivity index (χ1v) is 52.5. The fraction of sp³-hybridized carbons (Fsp3) is 0.860. The van der Waals surface area contributed by atoms with Crippen molar-refractivity contribution >= 4 is 89.5 Å². The van der Waals surface area contributed by atoms with Gasteiger partial charge in [-0.2, -0.15) is 0 Å². The van der Waals surface area contributed by atoms with Crippen LogP contribution in [-0.4, -0.2) is 182 Å². The van der Waals surface area contributed by atoms with E-state index in [-0.39, 0.29) is 208 Å². The first kappa shape index (κ1) is 108. The molecule has 0 radical (unpaired) electrons. The molecular weight excluding hydrogens is 1760 g/mol. The number of hydrogen-bond donors (Lipinski definition) is 1. The van der Waals surface area contributed by atoms with E-state index in [1.54, 1.807) is 13.8 Å². The predicted octanol–water partition coefficient (Wildman–Crippen LogP) is 16.4. The standard InChI is InChI=1S/C24H34O8.C23H29NO7.C22H32O6.2C14H26O2.C10H16O4/c1-4-24(2,3)23(28)30-10-9-29-20(25)14-7-5-6-8-15(14)21(26)31-18-13-11-16-17(12-13)22(27)32-19(16)18;1-4-23(2,3)22(28)31-18-12-7-11-13(21(27)30-17(11)18)14(12)20(26)29-16-8-5-9-10(6-8)19(25)24-15(9)16;1-4-22(2,3)21(25)26-11-12-5-7-13(8-6-12)19(23)27-17-14-9-15-16(10-14)20(24)28-18(15)17;2*1-6-13(4,5)12(15)16-14(11(2)3)9-7-8-10-14;1-4-10(2,3)9(12)14-7-5-6-13-8(7)11/h13-19H,4-12H2,1-3H3;8-18H,4-7H2,1-3H3,(H,24,25);12-18H,4-11H2,1-3H3;2*11H,6-10H2,1-5H3;7H,4-6H2,1-3H3. The summed E-state index contributed by atoms with van der Waals surface area (Å²) < 4.78 is 77.7. The quantitative estimate of drug-likeness (QED) is 0.0396. The highest BCUT2D eigenvalue weighted by molar-refractivity contribution is 5.89. The number of ether oxygens (including phenoxy) is 14. The summed E-state index contributed by atoms with van der Waals surface area (Å²) >= 11 is 0. The summed E-state index contributed by atoms with van der Waals surface area (Å²) in [6.45, 7) is 43.8. The Morgan fingerprint density at radius 1 is 0.372 bits per heavy atom. The first-order chi connectivity index (χ1) is 64.4. The predicted molar refractivity (Wildman–Crippen MR) is 497 cm³/mol. The Morgan fingerprint density at radius 3 is 1.26 bits per heavy atom. The van der Waals surface area contributed by atoms with Crippen LogP contribution in [0.15, 0.2) is 0 Å². The van der Waals surface area contributed by atoms with Gasteiger partial charge in [0.15, 0.2) is 0 Å². The second kappa shape index (κ2) is 43.5. The molecule has 0 spiro atoms. The van der Waals surface area contributed by atoms with E-state index in [1.165, 1.54) is 25.7 Å². The number of nitrogens with one attached hydrogen (secondary N) is 1. The topological polar surface area (TPSA) is 397 Å². The maximum absolute atomic E-state index is 13.4. The maximum atomic E-state index is 13.4. The number of amides is 1. The normalized spacial score (nSPS) is 34.1. The fourth-order valence-electron chi connectivity index (χ4n) is 23.9. The number of carbonyl (C=O) groups excluding carboxylic acids is 15. The van der Waals surface area contributed by atoms with Gasteiger partial charge in [0.05, 0.1) is 93.2 Å². The van der Waals surface area contributed by atoms with Crippen molar-refractivity contribution in [3.05, 3.63) is 0 Å². The highest BCUT2D eigenvalue weighted by Crippen LogP contribution is 2.62. The molecule has 17 aliphatic rings. The van der Waals surface area contributed by atoms with Crippen LogP contribution in [0.5, 0.6) is 0 Å². The van der Waals surface area contributed by atoms with E-state index in [1.807, 2.05) is 111 Å². The highest BCUT2D eigenvalue weighted by atomic mass is 16.6. The molecule has 17 fully saturated rings. The minimum atomic E-state index is -0.687. The van der Waals surface area contributed by atoms with Crippen molar-refractivity contribution in [2.45, 2.75) is 411 Å². The van der Waals surface area contributed by atoms with E-state index < -0.39 is 87.7 Å². The first-order valence-electron chi connectivity index (χ1n) is 52.5. The number of esters is 14. The van der Waals surface area contributed by atoms with Crippen LogP contribution < -0.4 is 5.32 Å². The van der Waals surface area contributed by atoms with Gasteiger partial charge in [-0.15, -0.1) is 0 Å². The lowest BCUT2D eigenvalue weighted by atomic mass is 9.78. The Labute approximate surface area is 811 Å². The number of fused-ring (bicyclic) bond motifs is 4. The summed E-state index contributed by atoms with van der Waals surface area (Å²) in [6, 6.07) is -0.110. The molecule has 0 aromatic heterocycles. The molecule has 5 saturated heterocycles. The van der Waals surface area contributed by atoms with Crippen molar-refractivity contribution in [3.8, 4) is 0 Å². The summed E-state index contributed by atoms with van der Waals surface area (Å²) in [5, 5.41) is 3.01. The smallest absolute Gasteiger partial charge is 0.347 e. The van der Waals surface area contributed by atoms with Gasteiger partial charge in [-0.3, -0.25) is 67.1 Å². The molecular formula is C107H163NO29. The van der Waals surface area contributed by atoms with Gasteiger partial charge in [0, 0.05) is 47.8 Å². The molecule has 30 nitrogen and oxygen atoms in total. The zero-order valence-corrected chi connectivity index (χ0v) is 86.0. The molecule has 0 aromatic carbocycles. The average Bonchev–Trinajstić information content (AvgIpc) is 1.53. The molecule has 30 heteroatoms. The number of cyclic esters (lactones) is 1. The summed E-state index contributed by atoms with van der Waals surface area (Å²) in [4.78, 5) is 184. The highest BCUT2D eigenvalue weighted by Gasteiger charge is 2.72. The van der Waals surface area contributed by atoms with Gasteiger partial charge >= 0.3 is 83.6 Å². The molecule has 1 amide bonds. The van der Waals surface area contributed by atoms with E-state index in [4.69, 9.17) is 66.3 Å². The summed E-state index contributed by atoms with van der Waals surface area (Å²) in [5.74, 6) is -3.71. The van der Waals surface area contributed by atoms with E-state index in [0.29, 0.717) is 75.9 Å². The molecule has 24 atom stereocenters. The minimum absolute atomic E-state index is 0.00477. The fourth-order valence-corrected chi connectivity index (χ4v) is 23.9. The Balaban J connectivity index is 0.000000152. The minimum Gasteiger partial charge on any atom is -0.465 e. The van der Waals surface area contributed by atoms with E-state index >= 15 is 0 Å². The van der Waals surface area contributed by atoms with Crippen molar-refractivity contribution in [1.82, 2.24) is 5.32 Å².